The van der Waals surface area contributed by atoms with Crippen LogP contribution in [0.5, 0.6) is 5.75 Å². The van der Waals surface area contributed by atoms with Crippen molar-refractivity contribution in [2.24, 2.45) is 0 Å². The number of hydrogen-bond acceptors (Lipinski definition) is 5. The molecule has 1 amide bonds. The van der Waals surface area contributed by atoms with Crippen LogP contribution < -0.4 is 10.2 Å². The number of ether oxygens (including phenoxy) is 1. The summed E-state index contributed by atoms with van der Waals surface area (Å²) >= 11 is 0. The van der Waals surface area contributed by atoms with Crippen LogP contribution in [-0.2, 0) is 0 Å². The number of amides is 1. The van der Waals surface area contributed by atoms with Crippen LogP contribution in [0, 0.1) is 10.1 Å². The number of hydroxylamine groups is 1. The van der Waals surface area contributed by atoms with Gasteiger partial charge in [0, 0.05) is 17.7 Å². The first-order valence-electron chi connectivity index (χ1n) is 3.87. The Hall–Kier alpha value is -2.15. The monoisotopic (exact) mass is 212 g/mol. The van der Waals surface area contributed by atoms with Gasteiger partial charge in [0.25, 0.3) is 5.91 Å². The largest absolute Gasteiger partial charge is 0.490 e. The summed E-state index contributed by atoms with van der Waals surface area (Å²) in [7, 11) is 1.25. The third-order valence-corrected chi connectivity index (χ3v) is 1.74. The van der Waals surface area contributed by atoms with Gasteiger partial charge in [-0.15, -0.1) is 0 Å². The maximum Gasteiger partial charge on any atom is 0.310 e. The lowest BCUT2D eigenvalue weighted by atomic mass is 10.2. The number of nitrogens with one attached hydrogen (secondary N) is 1. The number of nitro benzene ring substituents is 1. The molecule has 0 heterocycles. The van der Waals surface area contributed by atoms with Crippen LogP contribution >= 0.6 is 0 Å². The Bertz CT molecular complexity index is 404. The number of carbonyl (C=O) groups excluding carboxylic acids is 1. The van der Waals surface area contributed by atoms with Gasteiger partial charge < -0.3 is 4.74 Å². The van der Waals surface area contributed by atoms with Crippen LogP contribution in [0.25, 0.3) is 0 Å². The number of hydrogen-bond donors (Lipinski definition) is 2. The van der Waals surface area contributed by atoms with Gasteiger partial charge in [0.1, 0.15) is 0 Å². The van der Waals surface area contributed by atoms with Crippen LogP contribution in [0.3, 0.4) is 0 Å². The zero-order chi connectivity index (χ0) is 11.4. The van der Waals surface area contributed by atoms with Gasteiger partial charge in [-0.2, -0.15) is 0 Å². The van der Waals surface area contributed by atoms with Gasteiger partial charge in [-0.1, -0.05) is 0 Å². The smallest absolute Gasteiger partial charge is 0.310 e. The van der Waals surface area contributed by atoms with E-state index in [0.29, 0.717) is 0 Å². The highest BCUT2D eigenvalue weighted by atomic mass is 16.6. The van der Waals surface area contributed by atoms with Gasteiger partial charge >= 0.3 is 5.69 Å². The second-order valence-electron chi connectivity index (χ2n) is 2.58. The highest BCUT2D eigenvalue weighted by Gasteiger charge is 2.16. The average molecular weight is 212 g/mol. The molecule has 80 valence electrons. The van der Waals surface area contributed by atoms with Gasteiger partial charge in [-0.3, -0.25) is 20.1 Å². The molecule has 0 aliphatic rings. The summed E-state index contributed by atoms with van der Waals surface area (Å²) in [5.41, 5.74) is 1.24. The third-order valence-electron chi connectivity index (χ3n) is 1.74. The first-order chi connectivity index (χ1) is 7.10. The Morgan fingerprint density at radius 2 is 2.27 bits per heavy atom. The lowest BCUT2D eigenvalue weighted by Crippen LogP contribution is -2.18. The Labute approximate surface area is 84.4 Å². The number of carbonyl (C=O) groups is 1. The van der Waals surface area contributed by atoms with Crippen LogP contribution in [0.4, 0.5) is 5.69 Å². The molecule has 0 spiro atoms. The van der Waals surface area contributed by atoms with E-state index >= 15 is 0 Å². The molecule has 0 radical (unpaired) electrons. The minimum absolute atomic E-state index is 0.0406. The van der Waals surface area contributed by atoms with Crippen LogP contribution in [0.2, 0.25) is 0 Å². The SMILES string of the molecule is COc1cc(C(=O)NO)ccc1[N+](=O)[O-]. The Morgan fingerprint density at radius 1 is 1.60 bits per heavy atom. The minimum Gasteiger partial charge on any atom is -0.490 e. The standard InChI is InChI=1S/C8H8N2O5/c1-15-7-4-5(8(11)9-12)2-3-6(7)10(13)14/h2-4,12H,1H3,(H,9,11). The molecule has 0 aromatic heterocycles. The molecule has 2 N–H and O–H groups in total. The van der Waals surface area contributed by atoms with Crippen molar-refractivity contribution in [1.82, 2.24) is 5.48 Å². The topological polar surface area (TPSA) is 102 Å². The number of methoxy groups -OCH3 is 1. The van der Waals surface area contributed by atoms with E-state index in [1.807, 2.05) is 0 Å². The second kappa shape index (κ2) is 4.38. The van der Waals surface area contributed by atoms with Crippen LogP contribution in [-0.4, -0.2) is 23.1 Å². The fourth-order valence-electron chi connectivity index (χ4n) is 1.03. The molecular weight excluding hydrogens is 204 g/mol. The van der Waals surface area contributed by atoms with Crippen molar-refractivity contribution < 1.29 is 19.7 Å². The van der Waals surface area contributed by atoms with Gasteiger partial charge in [0.2, 0.25) is 0 Å². The van der Waals surface area contributed by atoms with E-state index in [2.05, 4.69) is 0 Å². The number of benzene rings is 1. The summed E-state index contributed by atoms with van der Waals surface area (Å²) in [5, 5.41) is 18.9. The molecule has 1 aromatic rings. The van der Waals surface area contributed by atoms with E-state index in [-0.39, 0.29) is 17.0 Å². The van der Waals surface area contributed by atoms with E-state index in [9.17, 15) is 14.9 Å². The molecule has 1 aromatic carbocycles. The van der Waals surface area contributed by atoms with Crippen molar-refractivity contribution in [2.45, 2.75) is 0 Å². The lowest BCUT2D eigenvalue weighted by Gasteiger charge is -2.03. The molecule has 7 nitrogen and oxygen atoms in total. The Kier molecular flexibility index (Phi) is 3.19. The van der Waals surface area contributed by atoms with Crippen molar-refractivity contribution in [1.29, 1.82) is 0 Å². The van der Waals surface area contributed by atoms with Crippen LogP contribution in [0.1, 0.15) is 10.4 Å². The molecule has 0 saturated heterocycles. The average Bonchev–Trinajstić information content (AvgIpc) is 2.26. The first kappa shape index (κ1) is 10.9. The summed E-state index contributed by atoms with van der Waals surface area (Å²) in [6, 6.07) is 3.51. The molecule has 0 saturated carbocycles. The lowest BCUT2D eigenvalue weighted by molar-refractivity contribution is -0.385. The zero-order valence-electron chi connectivity index (χ0n) is 7.76. The zero-order valence-corrected chi connectivity index (χ0v) is 7.76. The Balaban J connectivity index is 3.19. The van der Waals surface area contributed by atoms with Gasteiger partial charge in [0.05, 0.1) is 12.0 Å². The molecule has 0 fully saturated rings. The van der Waals surface area contributed by atoms with E-state index in [4.69, 9.17) is 9.94 Å². The normalized spacial score (nSPS) is 9.47. The van der Waals surface area contributed by atoms with Crippen molar-refractivity contribution in [2.75, 3.05) is 7.11 Å². The van der Waals surface area contributed by atoms with Gasteiger partial charge in [-0.25, -0.2) is 5.48 Å². The number of rotatable bonds is 3. The summed E-state index contributed by atoms with van der Waals surface area (Å²) in [5.74, 6) is -0.802. The van der Waals surface area contributed by atoms with Crippen molar-refractivity contribution in [3.8, 4) is 5.75 Å². The van der Waals surface area contributed by atoms with Crippen LogP contribution in [0.15, 0.2) is 18.2 Å². The fraction of sp³-hybridized carbons (Fsp3) is 0.125. The molecule has 0 aliphatic heterocycles. The molecule has 7 heteroatoms. The molecule has 15 heavy (non-hydrogen) atoms. The molecule has 0 aliphatic carbocycles. The fourth-order valence-corrected chi connectivity index (χ4v) is 1.03. The summed E-state index contributed by atoms with van der Waals surface area (Å²) in [6.45, 7) is 0. The summed E-state index contributed by atoms with van der Waals surface area (Å²) < 4.78 is 4.74. The molecule has 1 rings (SSSR count). The third kappa shape index (κ3) is 2.20. The van der Waals surface area contributed by atoms with E-state index in [0.717, 1.165) is 6.07 Å². The molecule has 0 atom stereocenters. The van der Waals surface area contributed by atoms with Crippen molar-refractivity contribution in [3.63, 3.8) is 0 Å². The maximum absolute atomic E-state index is 11.0. The Morgan fingerprint density at radius 3 is 2.73 bits per heavy atom. The molecule has 0 unspecified atom stereocenters. The summed E-state index contributed by atoms with van der Waals surface area (Å²) in [4.78, 5) is 20.9. The van der Waals surface area contributed by atoms with E-state index in [1.54, 1.807) is 0 Å². The quantitative estimate of drug-likeness (QED) is 0.436. The van der Waals surface area contributed by atoms with E-state index in [1.165, 1.54) is 24.7 Å². The second-order valence-corrected chi connectivity index (χ2v) is 2.58. The predicted octanol–water partition coefficient (Wildman–Crippen LogP) is 0.722. The number of nitrogens with zero attached hydrogens (tertiary/aromatic N) is 1. The number of nitro groups is 1. The van der Waals surface area contributed by atoms with E-state index < -0.39 is 10.8 Å². The van der Waals surface area contributed by atoms with Gasteiger partial charge in [0.15, 0.2) is 5.75 Å². The minimum atomic E-state index is -0.761. The maximum atomic E-state index is 11.0. The van der Waals surface area contributed by atoms with Gasteiger partial charge in [-0.05, 0) is 6.07 Å². The first-order valence-corrected chi connectivity index (χ1v) is 3.87. The highest BCUT2D eigenvalue weighted by Crippen LogP contribution is 2.27. The molecular formula is C8H8N2O5. The molecule has 0 bridgehead atoms. The highest BCUT2D eigenvalue weighted by molar-refractivity contribution is 5.94. The van der Waals surface area contributed by atoms with Crippen molar-refractivity contribution in [3.05, 3.63) is 33.9 Å². The summed E-state index contributed by atoms with van der Waals surface area (Å²) in [6.07, 6.45) is 0. The van der Waals surface area contributed by atoms with Crippen molar-refractivity contribution >= 4 is 11.6 Å². The predicted molar refractivity (Wildman–Crippen MR) is 48.9 cm³/mol.